The van der Waals surface area contributed by atoms with E-state index in [0.29, 0.717) is 25.3 Å². The molecule has 1 aromatic rings. The fourth-order valence-electron chi connectivity index (χ4n) is 3.37. The fraction of sp³-hybridized carbons (Fsp3) is 0.667. The number of carbonyl (C=O) groups is 1. The highest BCUT2D eigenvalue weighted by atomic mass is 16.7. The van der Waals surface area contributed by atoms with Crippen LogP contribution in [0.5, 0.6) is 0 Å². The summed E-state index contributed by atoms with van der Waals surface area (Å²) in [6.07, 6.45) is 6.44. The van der Waals surface area contributed by atoms with Gasteiger partial charge in [-0.1, -0.05) is 6.07 Å². The van der Waals surface area contributed by atoms with Crippen LogP contribution in [0.25, 0.3) is 0 Å². The number of nitrogens with zero attached hydrogens (tertiary/aromatic N) is 2. The van der Waals surface area contributed by atoms with Gasteiger partial charge < -0.3 is 10.4 Å². The molecule has 1 amide bonds. The van der Waals surface area contributed by atoms with Crippen molar-refractivity contribution >= 4 is 5.91 Å². The zero-order valence-corrected chi connectivity index (χ0v) is 14.1. The number of hydrogen-bond acceptors (Lipinski definition) is 5. The SMILES string of the molecule is O=C(CCN1CCCCO1)N[C@H](Cc1ccccn1)C1CC(O)C1. The van der Waals surface area contributed by atoms with Crippen LogP contribution in [0.4, 0.5) is 0 Å². The topological polar surface area (TPSA) is 74.7 Å². The van der Waals surface area contributed by atoms with Gasteiger partial charge in [0.2, 0.25) is 5.91 Å². The molecular formula is C18H27N3O3. The number of aliphatic hydroxyl groups is 1. The van der Waals surface area contributed by atoms with Crippen molar-refractivity contribution in [1.82, 2.24) is 15.4 Å². The van der Waals surface area contributed by atoms with Gasteiger partial charge in [-0.25, -0.2) is 0 Å². The number of carbonyl (C=O) groups excluding carboxylic acids is 1. The Morgan fingerprint density at radius 2 is 2.29 bits per heavy atom. The van der Waals surface area contributed by atoms with Crippen LogP contribution in [0.3, 0.4) is 0 Å². The molecule has 2 aliphatic rings. The van der Waals surface area contributed by atoms with E-state index in [-0.39, 0.29) is 18.1 Å². The normalized spacial score (nSPS) is 25.7. The first-order valence-corrected chi connectivity index (χ1v) is 8.96. The van der Waals surface area contributed by atoms with E-state index in [1.165, 1.54) is 0 Å². The Morgan fingerprint density at radius 1 is 1.42 bits per heavy atom. The van der Waals surface area contributed by atoms with Crippen LogP contribution in [0.15, 0.2) is 24.4 Å². The molecule has 2 N–H and O–H groups in total. The second-order valence-corrected chi connectivity index (χ2v) is 6.80. The first-order chi connectivity index (χ1) is 11.7. The van der Waals surface area contributed by atoms with E-state index in [9.17, 15) is 9.90 Å². The van der Waals surface area contributed by atoms with Crippen molar-refractivity contribution in [3.05, 3.63) is 30.1 Å². The molecule has 6 heteroatoms. The molecule has 24 heavy (non-hydrogen) atoms. The minimum absolute atomic E-state index is 0.0399. The summed E-state index contributed by atoms with van der Waals surface area (Å²) < 4.78 is 0. The van der Waals surface area contributed by atoms with Gasteiger partial charge in [0.1, 0.15) is 0 Å². The highest BCUT2D eigenvalue weighted by Crippen LogP contribution is 2.31. The van der Waals surface area contributed by atoms with Crippen molar-refractivity contribution in [2.45, 2.75) is 50.7 Å². The lowest BCUT2D eigenvalue weighted by molar-refractivity contribution is -0.181. The van der Waals surface area contributed by atoms with E-state index >= 15 is 0 Å². The summed E-state index contributed by atoms with van der Waals surface area (Å²) in [5, 5.41) is 14.6. The minimum Gasteiger partial charge on any atom is -0.393 e. The second kappa shape index (κ2) is 8.55. The maximum Gasteiger partial charge on any atom is 0.221 e. The Hall–Kier alpha value is -1.50. The maximum absolute atomic E-state index is 12.3. The first kappa shape index (κ1) is 17.3. The summed E-state index contributed by atoms with van der Waals surface area (Å²) in [4.78, 5) is 22.2. The molecule has 6 nitrogen and oxygen atoms in total. The Kier molecular flexibility index (Phi) is 6.18. The predicted octanol–water partition coefficient (Wildman–Crippen LogP) is 1.30. The number of amides is 1. The smallest absolute Gasteiger partial charge is 0.221 e. The highest BCUT2D eigenvalue weighted by molar-refractivity contribution is 5.76. The fourth-order valence-corrected chi connectivity index (χ4v) is 3.37. The number of hydroxylamine groups is 2. The van der Waals surface area contributed by atoms with Gasteiger partial charge in [-0.05, 0) is 43.7 Å². The number of hydrogen-bond donors (Lipinski definition) is 2. The van der Waals surface area contributed by atoms with E-state index in [4.69, 9.17) is 4.84 Å². The number of nitrogens with one attached hydrogen (secondary N) is 1. The summed E-state index contributed by atoms with van der Waals surface area (Å²) in [7, 11) is 0. The molecule has 1 saturated heterocycles. The zero-order valence-electron chi connectivity index (χ0n) is 14.1. The third-order valence-electron chi connectivity index (χ3n) is 4.88. The van der Waals surface area contributed by atoms with Crippen LogP contribution in [0, 0.1) is 5.92 Å². The van der Waals surface area contributed by atoms with Crippen LogP contribution in [0.2, 0.25) is 0 Å². The molecule has 0 unspecified atom stereocenters. The van der Waals surface area contributed by atoms with Crippen LogP contribution >= 0.6 is 0 Å². The largest absolute Gasteiger partial charge is 0.393 e. The number of aromatic nitrogens is 1. The quantitative estimate of drug-likeness (QED) is 0.787. The number of aliphatic hydroxyl groups excluding tert-OH is 1. The van der Waals surface area contributed by atoms with E-state index < -0.39 is 0 Å². The second-order valence-electron chi connectivity index (χ2n) is 6.80. The highest BCUT2D eigenvalue weighted by Gasteiger charge is 2.35. The summed E-state index contributed by atoms with van der Waals surface area (Å²) in [5.41, 5.74) is 0.976. The van der Waals surface area contributed by atoms with Crippen LogP contribution in [0.1, 0.15) is 37.8 Å². The lowest BCUT2D eigenvalue weighted by atomic mass is 9.76. The third kappa shape index (κ3) is 5.00. The Morgan fingerprint density at radius 3 is 2.96 bits per heavy atom. The van der Waals surface area contributed by atoms with E-state index in [0.717, 1.165) is 44.5 Å². The maximum atomic E-state index is 12.3. The van der Waals surface area contributed by atoms with E-state index in [1.54, 1.807) is 6.20 Å². The molecule has 3 rings (SSSR count). The van der Waals surface area contributed by atoms with Crippen molar-refractivity contribution < 1.29 is 14.7 Å². The monoisotopic (exact) mass is 333 g/mol. The van der Waals surface area contributed by atoms with Gasteiger partial charge in [-0.15, -0.1) is 0 Å². The Labute approximate surface area is 143 Å². The standard InChI is InChI=1S/C18H27N3O3/c22-16-11-14(12-16)17(13-15-5-1-2-7-19-15)20-18(23)6-9-21-8-3-4-10-24-21/h1-2,5,7,14,16-17,22H,3-4,6,8-13H2,(H,20,23)/t14?,16?,17-/m1/s1. The molecule has 1 atom stereocenters. The van der Waals surface area contributed by atoms with Crippen molar-refractivity contribution in [3.8, 4) is 0 Å². The van der Waals surface area contributed by atoms with Gasteiger partial charge in [-0.3, -0.25) is 14.6 Å². The van der Waals surface area contributed by atoms with Crippen LogP contribution < -0.4 is 5.32 Å². The molecule has 1 aromatic heterocycles. The van der Waals surface area contributed by atoms with Gasteiger partial charge in [0, 0.05) is 43.9 Å². The predicted molar refractivity (Wildman–Crippen MR) is 90.0 cm³/mol. The summed E-state index contributed by atoms with van der Waals surface area (Å²) in [6, 6.07) is 5.88. The lowest BCUT2D eigenvalue weighted by Crippen LogP contribution is -2.48. The Bertz CT molecular complexity index is 514. The third-order valence-corrected chi connectivity index (χ3v) is 4.88. The van der Waals surface area contributed by atoms with E-state index in [1.807, 2.05) is 23.3 Å². The number of pyridine rings is 1. The van der Waals surface area contributed by atoms with Crippen molar-refractivity contribution in [2.75, 3.05) is 19.7 Å². The van der Waals surface area contributed by atoms with Gasteiger partial charge in [0.05, 0.1) is 12.7 Å². The molecule has 2 heterocycles. The molecule has 2 fully saturated rings. The zero-order chi connectivity index (χ0) is 16.8. The average Bonchev–Trinajstić information content (AvgIpc) is 2.58. The van der Waals surface area contributed by atoms with Crippen LogP contribution in [-0.4, -0.2) is 52.9 Å². The molecule has 132 valence electrons. The molecule has 0 radical (unpaired) electrons. The van der Waals surface area contributed by atoms with E-state index in [2.05, 4.69) is 10.3 Å². The molecule has 1 aliphatic carbocycles. The summed E-state index contributed by atoms with van der Waals surface area (Å²) >= 11 is 0. The molecule has 1 saturated carbocycles. The molecule has 1 aliphatic heterocycles. The first-order valence-electron chi connectivity index (χ1n) is 8.96. The Balaban J connectivity index is 1.49. The summed E-state index contributed by atoms with van der Waals surface area (Å²) in [6.45, 7) is 2.29. The van der Waals surface area contributed by atoms with Crippen molar-refractivity contribution in [3.63, 3.8) is 0 Å². The van der Waals surface area contributed by atoms with Crippen molar-refractivity contribution in [2.24, 2.45) is 5.92 Å². The minimum atomic E-state index is -0.222. The van der Waals surface area contributed by atoms with Gasteiger partial charge in [0.15, 0.2) is 0 Å². The van der Waals surface area contributed by atoms with Gasteiger partial charge in [-0.2, -0.15) is 5.06 Å². The molecule has 0 bridgehead atoms. The lowest BCUT2D eigenvalue weighted by Gasteiger charge is -2.38. The van der Waals surface area contributed by atoms with Crippen molar-refractivity contribution in [1.29, 1.82) is 0 Å². The average molecular weight is 333 g/mol. The molecular weight excluding hydrogens is 306 g/mol. The molecule has 0 aromatic carbocycles. The van der Waals surface area contributed by atoms with Crippen LogP contribution in [-0.2, 0) is 16.1 Å². The van der Waals surface area contributed by atoms with Gasteiger partial charge in [0.25, 0.3) is 0 Å². The number of rotatable bonds is 7. The van der Waals surface area contributed by atoms with Gasteiger partial charge >= 0.3 is 0 Å². The summed E-state index contributed by atoms with van der Waals surface area (Å²) in [5.74, 6) is 0.378. The molecule has 0 spiro atoms.